The molecule has 2 unspecified atom stereocenters. The average molecular weight is 242 g/mol. The average Bonchev–Trinajstić information content (AvgIpc) is 2.37. The Bertz CT molecular complexity index is 519. The fraction of sp³-hybridized carbons (Fsp3) is 0.438. The summed E-state index contributed by atoms with van der Waals surface area (Å²) in [4.78, 5) is 4.68. The minimum absolute atomic E-state index is 0.179. The first kappa shape index (κ1) is 13.0. The number of pyridine rings is 1. The first-order valence-electron chi connectivity index (χ1n) is 6.68. The number of nitrogens with zero attached hydrogens (tertiary/aromatic N) is 1. The van der Waals surface area contributed by atoms with Crippen molar-refractivity contribution in [2.75, 3.05) is 0 Å². The third-order valence-corrected chi connectivity index (χ3v) is 3.83. The topological polar surface area (TPSA) is 38.9 Å². The monoisotopic (exact) mass is 242 g/mol. The van der Waals surface area contributed by atoms with Gasteiger partial charge >= 0.3 is 0 Å². The van der Waals surface area contributed by atoms with E-state index in [2.05, 4.69) is 50.0 Å². The number of nitrogens with two attached hydrogens (primary N) is 1. The molecule has 2 atom stereocenters. The van der Waals surface area contributed by atoms with Crippen LogP contribution in [0, 0.1) is 11.8 Å². The number of para-hydroxylation sites is 1. The van der Waals surface area contributed by atoms with E-state index in [9.17, 15) is 0 Å². The number of hydrogen-bond donors (Lipinski definition) is 1. The molecule has 1 aromatic heterocycles. The summed E-state index contributed by atoms with van der Waals surface area (Å²) in [5, 5.41) is 1.19. The fourth-order valence-corrected chi connectivity index (χ4v) is 2.14. The highest BCUT2D eigenvalue weighted by atomic mass is 14.7. The summed E-state index contributed by atoms with van der Waals surface area (Å²) in [6.45, 7) is 6.66. The second-order valence-corrected chi connectivity index (χ2v) is 5.47. The molecule has 2 heteroatoms. The molecule has 0 radical (unpaired) electrons. The fourth-order valence-electron chi connectivity index (χ4n) is 2.14. The van der Waals surface area contributed by atoms with Gasteiger partial charge in [-0.2, -0.15) is 0 Å². The minimum atomic E-state index is 0.179. The van der Waals surface area contributed by atoms with Crippen molar-refractivity contribution in [1.82, 2.24) is 4.98 Å². The Kier molecular flexibility index (Phi) is 3.97. The lowest BCUT2D eigenvalue weighted by Crippen LogP contribution is -2.33. The summed E-state index contributed by atoms with van der Waals surface area (Å²) in [5.74, 6) is 1.12. The summed E-state index contributed by atoms with van der Waals surface area (Å²) >= 11 is 0. The van der Waals surface area contributed by atoms with E-state index in [0.717, 1.165) is 17.6 Å². The maximum absolute atomic E-state index is 6.25. The van der Waals surface area contributed by atoms with Gasteiger partial charge in [0.05, 0.1) is 5.52 Å². The number of aromatic nitrogens is 1. The predicted molar refractivity (Wildman–Crippen MR) is 77.4 cm³/mol. The van der Waals surface area contributed by atoms with E-state index in [-0.39, 0.29) is 6.04 Å². The first-order chi connectivity index (χ1) is 8.58. The van der Waals surface area contributed by atoms with Gasteiger partial charge in [-0.3, -0.25) is 4.98 Å². The normalized spacial score (nSPS) is 14.9. The van der Waals surface area contributed by atoms with Crippen molar-refractivity contribution in [2.45, 2.75) is 33.2 Å². The lowest BCUT2D eigenvalue weighted by molar-refractivity contribution is 0.343. The third kappa shape index (κ3) is 2.88. The molecule has 0 saturated carbocycles. The Labute approximate surface area is 109 Å². The van der Waals surface area contributed by atoms with Gasteiger partial charge in [-0.15, -0.1) is 0 Å². The first-order valence-corrected chi connectivity index (χ1v) is 6.68. The Morgan fingerprint density at radius 2 is 1.78 bits per heavy atom. The van der Waals surface area contributed by atoms with E-state index in [4.69, 9.17) is 5.73 Å². The van der Waals surface area contributed by atoms with Crippen molar-refractivity contribution in [1.29, 1.82) is 0 Å². The molecular formula is C16H22N2. The second-order valence-electron chi connectivity index (χ2n) is 5.47. The van der Waals surface area contributed by atoms with Crippen LogP contribution in [-0.4, -0.2) is 11.0 Å². The van der Waals surface area contributed by atoms with Crippen LogP contribution in [-0.2, 0) is 6.42 Å². The van der Waals surface area contributed by atoms with Crippen LogP contribution >= 0.6 is 0 Å². The van der Waals surface area contributed by atoms with Gasteiger partial charge < -0.3 is 5.73 Å². The zero-order valence-corrected chi connectivity index (χ0v) is 11.4. The van der Waals surface area contributed by atoms with E-state index in [1.165, 1.54) is 5.39 Å². The van der Waals surface area contributed by atoms with Crippen molar-refractivity contribution in [3.8, 4) is 0 Å². The van der Waals surface area contributed by atoms with Crippen LogP contribution in [0.25, 0.3) is 10.9 Å². The smallest absolute Gasteiger partial charge is 0.0705 e. The van der Waals surface area contributed by atoms with E-state index < -0.39 is 0 Å². The molecule has 2 N–H and O–H groups in total. The second kappa shape index (κ2) is 5.49. The van der Waals surface area contributed by atoms with Crippen LogP contribution in [0.3, 0.4) is 0 Å². The lowest BCUT2D eigenvalue weighted by Gasteiger charge is -2.23. The molecule has 1 heterocycles. The largest absolute Gasteiger partial charge is 0.327 e. The third-order valence-electron chi connectivity index (χ3n) is 3.83. The van der Waals surface area contributed by atoms with Crippen LogP contribution in [0.4, 0.5) is 0 Å². The standard InChI is InChI=1S/C16H22N2/c1-11(2)12(3)15(17)10-14-9-8-13-6-4-5-7-16(13)18-14/h4-9,11-12,15H,10,17H2,1-3H3. The summed E-state index contributed by atoms with van der Waals surface area (Å²) in [6.07, 6.45) is 0.851. The van der Waals surface area contributed by atoms with Gasteiger partial charge in [0.25, 0.3) is 0 Å². The Morgan fingerprint density at radius 3 is 2.50 bits per heavy atom. The SMILES string of the molecule is CC(C)C(C)C(N)Cc1ccc2ccccc2n1. The molecule has 2 rings (SSSR count). The zero-order valence-electron chi connectivity index (χ0n) is 11.4. The molecule has 0 saturated heterocycles. The van der Waals surface area contributed by atoms with Crippen LogP contribution in [0.1, 0.15) is 26.5 Å². The molecule has 1 aromatic carbocycles. The lowest BCUT2D eigenvalue weighted by atomic mass is 9.88. The molecule has 96 valence electrons. The molecule has 2 aromatic rings. The summed E-state index contributed by atoms with van der Waals surface area (Å²) in [5.41, 5.74) is 8.40. The van der Waals surface area contributed by atoms with Gasteiger partial charge in [-0.1, -0.05) is 45.0 Å². The van der Waals surface area contributed by atoms with Gasteiger partial charge in [0.1, 0.15) is 0 Å². The van der Waals surface area contributed by atoms with Crippen LogP contribution in [0.2, 0.25) is 0 Å². The maximum Gasteiger partial charge on any atom is 0.0705 e. The van der Waals surface area contributed by atoms with Crippen LogP contribution < -0.4 is 5.73 Å². The Hall–Kier alpha value is -1.41. The highest BCUT2D eigenvalue weighted by Crippen LogP contribution is 2.17. The highest BCUT2D eigenvalue weighted by Gasteiger charge is 2.17. The number of fused-ring (bicyclic) bond motifs is 1. The van der Waals surface area contributed by atoms with Gasteiger partial charge in [-0.25, -0.2) is 0 Å². The van der Waals surface area contributed by atoms with E-state index in [1.807, 2.05) is 12.1 Å². The molecule has 0 fully saturated rings. The quantitative estimate of drug-likeness (QED) is 0.892. The molecule has 0 spiro atoms. The van der Waals surface area contributed by atoms with Crippen molar-refractivity contribution in [2.24, 2.45) is 17.6 Å². The number of hydrogen-bond acceptors (Lipinski definition) is 2. The van der Waals surface area contributed by atoms with Crippen LogP contribution in [0.15, 0.2) is 36.4 Å². The molecule has 0 aliphatic heterocycles. The van der Waals surface area contributed by atoms with E-state index in [0.29, 0.717) is 11.8 Å². The van der Waals surface area contributed by atoms with Gasteiger partial charge in [0, 0.05) is 23.5 Å². The maximum atomic E-state index is 6.25. The van der Waals surface area contributed by atoms with Crippen molar-refractivity contribution < 1.29 is 0 Å². The predicted octanol–water partition coefficient (Wildman–Crippen LogP) is 3.40. The van der Waals surface area contributed by atoms with Gasteiger partial charge in [0.15, 0.2) is 0 Å². The summed E-state index contributed by atoms with van der Waals surface area (Å²) < 4.78 is 0. The van der Waals surface area contributed by atoms with Gasteiger partial charge in [0.2, 0.25) is 0 Å². The molecule has 0 amide bonds. The van der Waals surface area contributed by atoms with Crippen LogP contribution in [0.5, 0.6) is 0 Å². The molecule has 2 nitrogen and oxygen atoms in total. The zero-order chi connectivity index (χ0) is 13.1. The molecule has 0 aliphatic rings. The number of rotatable bonds is 4. The molecule has 0 aliphatic carbocycles. The highest BCUT2D eigenvalue weighted by molar-refractivity contribution is 5.78. The summed E-state index contributed by atoms with van der Waals surface area (Å²) in [6, 6.07) is 12.6. The Morgan fingerprint density at radius 1 is 1.06 bits per heavy atom. The molecule has 0 bridgehead atoms. The van der Waals surface area contributed by atoms with Crippen molar-refractivity contribution in [3.63, 3.8) is 0 Å². The summed E-state index contributed by atoms with van der Waals surface area (Å²) in [7, 11) is 0. The Balaban J connectivity index is 2.17. The van der Waals surface area contributed by atoms with Gasteiger partial charge in [-0.05, 0) is 24.0 Å². The molecule has 18 heavy (non-hydrogen) atoms. The van der Waals surface area contributed by atoms with Crippen molar-refractivity contribution >= 4 is 10.9 Å². The van der Waals surface area contributed by atoms with E-state index in [1.54, 1.807) is 0 Å². The minimum Gasteiger partial charge on any atom is -0.327 e. The molecular weight excluding hydrogens is 220 g/mol. The number of benzene rings is 1. The van der Waals surface area contributed by atoms with Crippen molar-refractivity contribution in [3.05, 3.63) is 42.1 Å². The van der Waals surface area contributed by atoms with E-state index >= 15 is 0 Å².